The molecule has 4 aromatic rings. The van der Waals surface area contributed by atoms with Crippen LogP contribution in [0.5, 0.6) is 0 Å². The number of ether oxygens (including phenoxy) is 1. The fourth-order valence-corrected chi connectivity index (χ4v) is 6.33. The Morgan fingerprint density at radius 1 is 1.06 bits per heavy atom. The second-order valence-corrected chi connectivity index (χ2v) is 11.3. The summed E-state index contributed by atoms with van der Waals surface area (Å²) >= 11 is 1.65. The van der Waals surface area contributed by atoms with Gasteiger partial charge in [-0.15, -0.1) is 11.3 Å². The van der Waals surface area contributed by atoms with E-state index in [1.807, 2.05) is 6.07 Å². The SMILES string of the molecule is O=S(=O)(O)c1cc(-c2nc(N3CCOCC3)c3cc(CN4CCNCC4)sc3n2)c2cc[nH]c2c1. The maximum atomic E-state index is 12.0. The monoisotopic (exact) mass is 514 g/mol. The van der Waals surface area contributed by atoms with E-state index in [9.17, 15) is 13.0 Å². The van der Waals surface area contributed by atoms with Crippen LogP contribution in [0.2, 0.25) is 0 Å². The molecule has 0 spiro atoms. The fraction of sp³-hybridized carbons (Fsp3) is 0.391. The second-order valence-electron chi connectivity index (χ2n) is 8.81. The number of rotatable bonds is 5. The number of nitrogens with one attached hydrogen (secondary N) is 2. The quantitative estimate of drug-likeness (QED) is 0.344. The molecule has 3 aromatic heterocycles. The average Bonchev–Trinajstić information content (AvgIpc) is 3.50. The molecular weight excluding hydrogens is 488 g/mol. The molecule has 5 heterocycles. The van der Waals surface area contributed by atoms with Crippen molar-refractivity contribution in [3.05, 3.63) is 35.3 Å². The van der Waals surface area contributed by atoms with E-state index in [1.54, 1.807) is 17.5 Å². The molecule has 10 nitrogen and oxygen atoms in total. The van der Waals surface area contributed by atoms with E-state index in [0.29, 0.717) is 30.1 Å². The zero-order valence-electron chi connectivity index (χ0n) is 19.0. The molecular formula is C23H26N6O4S2. The Hall–Kier alpha value is -2.61. The first kappa shape index (κ1) is 22.8. The summed E-state index contributed by atoms with van der Waals surface area (Å²) in [5, 5.41) is 5.19. The van der Waals surface area contributed by atoms with Crippen LogP contribution in [0.1, 0.15) is 4.88 Å². The van der Waals surface area contributed by atoms with Crippen LogP contribution in [0, 0.1) is 0 Å². The Morgan fingerprint density at radius 2 is 1.86 bits per heavy atom. The van der Waals surface area contributed by atoms with Crippen LogP contribution < -0.4 is 10.2 Å². The number of H-pyrrole nitrogens is 1. The number of aromatic amines is 1. The molecule has 0 atom stereocenters. The van der Waals surface area contributed by atoms with Crippen LogP contribution in [0.3, 0.4) is 0 Å². The lowest BCUT2D eigenvalue weighted by atomic mass is 10.1. The van der Waals surface area contributed by atoms with Crippen molar-refractivity contribution in [3.8, 4) is 11.4 Å². The van der Waals surface area contributed by atoms with Crippen LogP contribution in [0.4, 0.5) is 5.82 Å². The summed E-state index contributed by atoms with van der Waals surface area (Å²) in [4.78, 5) is 19.4. The lowest BCUT2D eigenvalue weighted by Crippen LogP contribution is -2.42. The molecule has 12 heteroatoms. The number of anilines is 1. The van der Waals surface area contributed by atoms with Crippen molar-refractivity contribution in [2.45, 2.75) is 11.4 Å². The van der Waals surface area contributed by atoms with Gasteiger partial charge in [-0.2, -0.15) is 8.42 Å². The third-order valence-corrected chi connectivity index (χ3v) is 8.35. The summed E-state index contributed by atoms with van der Waals surface area (Å²) in [5.74, 6) is 1.27. The maximum Gasteiger partial charge on any atom is 0.294 e. The lowest BCUT2D eigenvalue weighted by molar-refractivity contribution is 0.122. The standard InChI is InChI=1S/C23H26N6O4S2/c30-35(31,32)16-12-18(17-1-2-25-20(17)13-16)21-26-22(29-7-9-33-10-8-29)19-11-15(34-23(19)27-21)14-28-5-3-24-4-6-28/h1-2,11-13,24-25H,3-10,14H2,(H,30,31,32). The molecule has 1 aromatic carbocycles. The van der Waals surface area contributed by atoms with E-state index in [1.165, 1.54) is 17.0 Å². The molecule has 2 aliphatic rings. The van der Waals surface area contributed by atoms with Crippen LogP contribution in [-0.4, -0.2) is 85.3 Å². The Morgan fingerprint density at radius 3 is 2.63 bits per heavy atom. The molecule has 6 rings (SSSR count). The summed E-state index contributed by atoms with van der Waals surface area (Å²) in [5.41, 5.74) is 1.15. The summed E-state index contributed by atoms with van der Waals surface area (Å²) in [6.45, 7) is 7.55. The van der Waals surface area contributed by atoms with Gasteiger partial charge in [-0.1, -0.05) is 0 Å². The van der Waals surface area contributed by atoms with Crippen molar-refractivity contribution in [2.75, 3.05) is 57.4 Å². The largest absolute Gasteiger partial charge is 0.378 e. The van der Waals surface area contributed by atoms with E-state index in [2.05, 4.69) is 26.2 Å². The first-order chi connectivity index (χ1) is 17.0. The van der Waals surface area contributed by atoms with Crippen molar-refractivity contribution in [2.24, 2.45) is 0 Å². The number of thiophene rings is 1. The molecule has 0 radical (unpaired) electrons. The normalized spacial score (nSPS) is 18.0. The highest BCUT2D eigenvalue weighted by molar-refractivity contribution is 7.85. The zero-order valence-corrected chi connectivity index (χ0v) is 20.7. The van der Waals surface area contributed by atoms with Crippen LogP contribution >= 0.6 is 11.3 Å². The number of benzene rings is 1. The summed E-state index contributed by atoms with van der Waals surface area (Å²) in [6.07, 6.45) is 1.74. The van der Waals surface area contributed by atoms with Gasteiger partial charge >= 0.3 is 0 Å². The van der Waals surface area contributed by atoms with Gasteiger partial charge in [0.1, 0.15) is 10.6 Å². The van der Waals surface area contributed by atoms with Crippen LogP contribution in [0.15, 0.2) is 35.4 Å². The topological polar surface area (TPSA) is 124 Å². The van der Waals surface area contributed by atoms with Gasteiger partial charge in [-0.05, 0) is 24.3 Å². The van der Waals surface area contributed by atoms with Crippen molar-refractivity contribution in [3.63, 3.8) is 0 Å². The molecule has 0 aliphatic carbocycles. The van der Waals surface area contributed by atoms with Gasteiger partial charge in [0.2, 0.25) is 0 Å². The number of morpholine rings is 1. The molecule has 0 unspecified atom stereocenters. The third kappa shape index (κ3) is 4.53. The molecule has 0 saturated carbocycles. The highest BCUT2D eigenvalue weighted by atomic mass is 32.2. The molecule has 0 amide bonds. The van der Waals surface area contributed by atoms with Gasteiger partial charge in [0.25, 0.3) is 10.1 Å². The van der Waals surface area contributed by atoms with Crippen molar-refractivity contribution >= 4 is 48.4 Å². The molecule has 35 heavy (non-hydrogen) atoms. The minimum Gasteiger partial charge on any atom is -0.378 e. The van der Waals surface area contributed by atoms with Crippen molar-refractivity contribution in [1.82, 2.24) is 25.2 Å². The second kappa shape index (κ2) is 9.12. The predicted molar refractivity (Wildman–Crippen MR) is 136 cm³/mol. The van der Waals surface area contributed by atoms with Gasteiger partial charge in [-0.25, -0.2) is 9.97 Å². The molecule has 0 bridgehead atoms. The molecule has 184 valence electrons. The minimum atomic E-state index is -4.40. The number of piperazine rings is 1. The third-order valence-electron chi connectivity index (χ3n) is 6.50. The highest BCUT2D eigenvalue weighted by Gasteiger charge is 2.23. The van der Waals surface area contributed by atoms with Gasteiger partial charge in [0.15, 0.2) is 5.82 Å². The number of hydrogen-bond acceptors (Lipinski definition) is 9. The van der Waals surface area contributed by atoms with Gasteiger partial charge in [-0.3, -0.25) is 9.45 Å². The van der Waals surface area contributed by atoms with Gasteiger partial charge in [0.05, 0.1) is 23.5 Å². The first-order valence-electron chi connectivity index (χ1n) is 11.6. The average molecular weight is 515 g/mol. The molecule has 2 aliphatic heterocycles. The predicted octanol–water partition coefficient (Wildman–Crippen LogP) is 2.33. The van der Waals surface area contributed by atoms with E-state index >= 15 is 0 Å². The summed E-state index contributed by atoms with van der Waals surface area (Å²) < 4.78 is 39.2. The van der Waals surface area contributed by atoms with Gasteiger partial charge < -0.3 is 19.9 Å². The number of fused-ring (bicyclic) bond motifs is 2. The minimum absolute atomic E-state index is 0.190. The Bertz CT molecular complexity index is 1490. The van der Waals surface area contributed by atoms with Crippen molar-refractivity contribution in [1.29, 1.82) is 0 Å². The Balaban J connectivity index is 1.51. The summed E-state index contributed by atoms with van der Waals surface area (Å²) in [7, 11) is -4.40. The Labute approximate surface area is 206 Å². The summed E-state index contributed by atoms with van der Waals surface area (Å²) in [6, 6.07) is 6.93. The Kier molecular flexibility index (Phi) is 5.95. The highest BCUT2D eigenvalue weighted by Crippen LogP contribution is 2.36. The van der Waals surface area contributed by atoms with Crippen molar-refractivity contribution < 1.29 is 17.7 Å². The fourth-order valence-electron chi connectivity index (χ4n) is 4.73. The molecule has 2 saturated heterocycles. The zero-order chi connectivity index (χ0) is 24.0. The molecule has 2 fully saturated rings. The smallest absolute Gasteiger partial charge is 0.294 e. The van der Waals surface area contributed by atoms with Crippen LogP contribution in [-0.2, 0) is 21.4 Å². The van der Waals surface area contributed by atoms with E-state index in [0.717, 1.165) is 67.2 Å². The van der Waals surface area contributed by atoms with Gasteiger partial charge in [0, 0.05) is 73.4 Å². The lowest BCUT2D eigenvalue weighted by Gasteiger charge is -2.28. The maximum absolute atomic E-state index is 12.0. The number of aromatic nitrogens is 3. The van der Waals surface area contributed by atoms with Crippen LogP contribution in [0.25, 0.3) is 32.5 Å². The van der Waals surface area contributed by atoms with E-state index in [-0.39, 0.29) is 4.90 Å². The number of hydrogen-bond donors (Lipinski definition) is 3. The number of nitrogens with zero attached hydrogens (tertiary/aromatic N) is 4. The van der Waals surface area contributed by atoms with E-state index < -0.39 is 10.1 Å². The molecule has 3 N–H and O–H groups in total. The van der Waals surface area contributed by atoms with E-state index in [4.69, 9.17) is 14.7 Å². The first-order valence-corrected chi connectivity index (χ1v) is 13.9.